The number of benzene rings is 10. The molecule has 0 fully saturated rings. The van der Waals surface area contributed by atoms with Crippen LogP contribution in [0.3, 0.4) is 0 Å². The molecule has 0 radical (unpaired) electrons. The summed E-state index contributed by atoms with van der Waals surface area (Å²) in [7, 11) is 1.70. The molecule has 0 aliphatic rings. The molecule has 10 aromatic carbocycles. The number of pyridine rings is 4. The van der Waals surface area contributed by atoms with Gasteiger partial charge in [0.25, 0.3) is 0 Å². The fourth-order valence-corrected chi connectivity index (χ4v) is 16.4. The van der Waals surface area contributed by atoms with E-state index in [1.807, 2.05) is 121 Å². The Kier molecular flexibility index (Phi) is 24.5. The number of ether oxygens (including phenoxy) is 1. The van der Waals surface area contributed by atoms with Gasteiger partial charge in [-0.15, -0.1) is 0 Å². The minimum Gasteiger partial charge on any atom is -0.508 e. The molecule has 0 bridgehead atoms. The number of nitrogens with one attached hydrogen (secondary N) is 1. The van der Waals surface area contributed by atoms with Crippen LogP contribution in [-0.4, -0.2) is 65.5 Å². The number of fused-ring (bicyclic) bond motifs is 13. The Morgan fingerprint density at radius 2 is 0.807 bits per heavy atom. The lowest BCUT2D eigenvalue weighted by Crippen LogP contribution is -2.12. The van der Waals surface area contributed by atoms with E-state index in [9.17, 15) is 15.5 Å². The lowest BCUT2D eigenvalue weighted by molar-refractivity contribution is 0.415. The van der Waals surface area contributed by atoms with Gasteiger partial charge in [-0.05, 0) is 266 Å². The largest absolute Gasteiger partial charge is 0.508 e. The molecule has 0 amide bonds. The van der Waals surface area contributed by atoms with Crippen molar-refractivity contribution in [2.45, 2.75) is 112 Å². The molecule has 0 saturated heterocycles. The van der Waals surface area contributed by atoms with Crippen LogP contribution in [0.15, 0.2) is 296 Å². The van der Waals surface area contributed by atoms with Crippen LogP contribution in [0.25, 0.3) is 121 Å². The number of nitrogens with zero attached hydrogens (tertiary/aromatic N) is 10. The molecule has 0 aliphatic carbocycles. The van der Waals surface area contributed by atoms with Gasteiger partial charge in [0.05, 0.1) is 62.9 Å². The zero-order chi connectivity index (χ0) is 84.6. The minimum atomic E-state index is 0.00651. The van der Waals surface area contributed by atoms with Crippen LogP contribution in [0.4, 0.5) is 0 Å². The summed E-state index contributed by atoms with van der Waals surface area (Å²) in [4.78, 5) is 25.8. The van der Waals surface area contributed by atoms with Crippen LogP contribution < -0.4 is 4.74 Å². The first-order valence-corrected chi connectivity index (χ1v) is 42.9. The number of halogens is 5. The Morgan fingerprint density at radius 1 is 0.361 bits per heavy atom. The van der Waals surface area contributed by atoms with Gasteiger partial charge in [-0.25, -0.2) is 24.9 Å². The van der Waals surface area contributed by atoms with Crippen molar-refractivity contribution in [3.8, 4) is 46.5 Å². The highest BCUT2D eigenvalue weighted by molar-refractivity contribution is 9.11. The van der Waals surface area contributed by atoms with Gasteiger partial charge in [0, 0.05) is 121 Å². The number of hydrogen-bond acceptors (Lipinski definition) is 9. The predicted octanol–water partition coefficient (Wildman–Crippen LogP) is 28.6. The van der Waals surface area contributed by atoms with E-state index in [1.54, 1.807) is 31.4 Å². The molecule has 0 saturated carbocycles. The first-order valence-electron chi connectivity index (χ1n) is 39.0. The lowest BCUT2D eigenvalue weighted by atomic mass is 9.88. The molecule has 9 aromatic heterocycles. The van der Waals surface area contributed by atoms with Gasteiger partial charge in [0.2, 0.25) is 0 Å². The molecular formula is C100H90Br5N11O3. The smallest absolute Gasteiger partial charge is 0.137 e. The monoisotopic (exact) mass is 1890 g/mol. The standard InChI is InChI=1S/C22H21BrN2O.C22H19N3O.C21H19BrN2O.C13H9BrN2.C13H10BrN.C9H12BrN/c1-22(2,3)14-9-10-24-21(11-14)25-19-8-5-15(23)12-18(19)17-7-6-16(26-4)13-20(17)25;1-22(2,3)15-8-9-24-21(11-15)25-19-7-4-14(13-23)10-18(19)17-6-5-16(26)12-20(17)25;1-21(2,3)13-8-9-23-20(10-13)24-18-7-4-14(22)11-17(18)16-6-5-15(25)12-19(16)24;14-10-4-3-5-11(8-10)16-9-15-12-6-1-2-7-13(12)16;1-8-2-4-10-11-7-9(14)3-5-12(11)15-13(10)6-8;1-9(2,3)7-4-5-11-8(10)6-7/h5-13H,1-4H3;4-12,26H,1-3H3;4-12,25H,1-3H3;1-9H;2-7,15H,1H3;4-6H,1-3H3. The molecule has 0 atom stereocenters. The van der Waals surface area contributed by atoms with E-state index in [1.165, 1.54) is 60.4 Å². The van der Waals surface area contributed by atoms with E-state index in [4.69, 9.17) is 4.74 Å². The van der Waals surface area contributed by atoms with Crippen molar-refractivity contribution in [1.82, 2.24) is 48.2 Å². The minimum absolute atomic E-state index is 0.00651. The highest BCUT2D eigenvalue weighted by Crippen LogP contribution is 2.41. The number of phenols is 2. The molecule has 3 N–H and O–H groups in total. The summed E-state index contributed by atoms with van der Waals surface area (Å²) in [5.41, 5.74) is 18.9. The van der Waals surface area contributed by atoms with E-state index in [0.29, 0.717) is 5.56 Å². The van der Waals surface area contributed by atoms with Crippen molar-refractivity contribution < 1.29 is 14.9 Å². The number of rotatable bonds is 5. The van der Waals surface area contributed by atoms with Gasteiger partial charge in [-0.3, -0.25) is 18.3 Å². The van der Waals surface area contributed by atoms with Gasteiger partial charge in [0.1, 0.15) is 45.6 Å². The number of aryl methyl sites for hydroxylation is 1. The number of aromatic nitrogens is 10. The summed E-state index contributed by atoms with van der Waals surface area (Å²) < 4.78 is 19.1. The first-order chi connectivity index (χ1) is 56.7. The number of phenolic OH excluding ortho intramolecular Hbond substituents is 2. The Bertz CT molecular complexity index is 7000. The lowest BCUT2D eigenvalue weighted by Gasteiger charge is -2.20. The number of nitriles is 1. The number of para-hydroxylation sites is 2. The Labute approximate surface area is 734 Å². The molecule has 0 aliphatic heterocycles. The quantitative estimate of drug-likeness (QED) is 0.142. The molecule has 19 heteroatoms. The molecular weight excluding hydrogens is 1800 g/mol. The third-order valence-corrected chi connectivity index (χ3v) is 23.3. The van der Waals surface area contributed by atoms with Crippen LogP contribution in [0.5, 0.6) is 17.2 Å². The fourth-order valence-electron chi connectivity index (χ4n) is 14.6. The van der Waals surface area contributed by atoms with E-state index in [0.717, 1.165) is 117 Å². The predicted molar refractivity (Wildman–Crippen MR) is 509 cm³/mol. The van der Waals surface area contributed by atoms with E-state index in [2.05, 4.69) is 353 Å². The maximum atomic E-state index is 10.0. The van der Waals surface area contributed by atoms with Gasteiger partial charge in [-0.1, -0.05) is 177 Å². The topological polar surface area (TPSA) is 173 Å². The Hall–Kier alpha value is -11.2. The molecule has 598 valence electrons. The van der Waals surface area contributed by atoms with Crippen LogP contribution in [0.2, 0.25) is 0 Å². The molecule has 14 nitrogen and oxygen atoms in total. The second-order valence-electron chi connectivity index (χ2n) is 33.5. The fraction of sp³-hybridized carbons (Fsp3) is 0.180. The third kappa shape index (κ3) is 18.6. The van der Waals surface area contributed by atoms with Crippen molar-refractivity contribution in [3.63, 3.8) is 0 Å². The summed E-state index contributed by atoms with van der Waals surface area (Å²) in [6, 6.07) is 83.2. The number of aromatic amines is 1. The number of imidazole rings is 1. The molecule has 19 aromatic rings. The van der Waals surface area contributed by atoms with Crippen molar-refractivity contribution in [2.24, 2.45) is 0 Å². The normalized spacial score (nSPS) is 11.7. The third-order valence-electron chi connectivity index (χ3n) is 20.9. The Morgan fingerprint density at radius 3 is 1.29 bits per heavy atom. The Balaban J connectivity index is 0.000000120. The van der Waals surface area contributed by atoms with Crippen molar-refractivity contribution in [1.29, 1.82) is 5.26 Å². The molecule has 9 heterocycles. The van der Waals surface area contributed by atoms with Crippen molar-refractivity contribution >= 4 is 178 Å². The van der Waals surface area contributed by atoms with Crippen molar-refractivity contribution in [3.05, 3.63) is 330 Å². The van der Waals surface area contributed by atoms with Crippen LogP contribution in [0, 0.1) is 18.3 Å². The van der Waals surface area contributed by atoms with E-state index in [-0.39, 0.29) is 33.2 Å². The molecule has 19 rings (SSSR count). The van der Waals surface area contributed by atoms with Crippen molar-refractivity contribution in [2.75, 3.05) is 7.11 Å². The maximum absolute atomic E-state index is 10.0. The first kappa shape index (κ1) is 84.2. The number of H-pyrrole nitrogens is 1. The second kappa shape index (κ2) is 34.6. The number of methoxy groups -OCH3 is 1. The van der Waals surface area contributed by atoms with Crippen LogP contribution in [0.1, 0.15) is 116 Å². The van der Waals surface area contributed by atoms with Crippen LogP contribution >= 0.6 is 79.6 Å². The SMILES string of the molecule is Brc1cccc(-n2cnc3ccccc32)c1.CC(C)(C)c1ccnc(-n2c3ccc(Br)cc3c3ccc(O)cc32)c1.CC(C)(C)c1ccnc(-n2c3ccc(C#N)cc3c3ccc(O)cc32)c1.CC(C)(C)c1ccnc(Br)c1.COc1ccc2c3cc(Br)ccc3n(-c3cc(C(C)(C)C)ccn3)c2c1.Cc1ccc2c(c1)[nH]c1ccc(Br)cc12. The number of hydrogen-bond donors (Lipinski definition) is 3. The highest BCUT2D eigenvalue weighted by Gasteiger charge is 2.23. The average molecular weight is 1890 g/mol. The van der Waals surface area contributed by atoms with Crippen LogP contribution in [-0.2, 0) is 21.7 Å². The van der Waals surface area contributed by atoms with Gasteiger partial charge < -0.3 is 19.9 Å². The summed E-state index contributed by atoms with van der Waals surface area (Å²) in [6.45, 7) is 28.4. The molecule has 119 heavy (non-hydrogen) atoms. The maximum Gasteiger partial charge on any atom is 0.137 e. The molecule has 0 spiro atoms. The zero-order valence-electron chi connectivity index (χ0n) is 68.6. The highest BCUT2D eigenvalue weighted by atomic mass is 79.9. The average Bonchev–Trinajstić information content (AvgIpc) is 1.60. The summed E-state index contributed by atoms with van der Waals surface area (Å²) >= 11 is 17.5. The zero-order valence-corrected chi connectivity index (χ0v) is 76.6. The van der Waals surface area contributed by atoms with Gasteiger partial charge in [-0.2, -0.15) is 5.26 Å². The van der Waals surface area contributed by atoms with Gasteiger partial charge >= 0.3 is 0 Å². The summed E-state index contributed by atoms with van der Waals surface area (Å²) in [6.07, 6.45) is 9.25. The number of aromatic hydroxyl groups is 2. The summed E-state index contributed by atoms with van der Waals surface area (Å²) in [5.74, 6) is 3.88. The molecule has 0 unspecified atom stereocenters. The van der Waals surface area contributed by atoms with Gasteiger partial charge in [0.15, 0.2) is 0 Å². The van der Waals surface area contributed by atoms with E-state index >= 15 is 0 Å². The van der Waals surface area contributed by atoms with E-state index < -0.39 is 0 Å². The summed E-state index contributed by atoms with van der Waals surface area (Å²) in [5, 5.41) is 38.4. The second-order valence-corrected chi connectivity index (χ2v) is 38.0.